The van der Waals surface area contributed by atoms with Crippen LogP contribution in [-0.4, -0.2) is 30.4 Å². The molecule has 7 nitrogen and oxygen atoms in total. The first kappa shape index (κ1) is 23.7. The van der Waals surface area contributed by atoms with E-state index >= 15 is 0 Å². The highest BCUT2D eigenvalue weighted by molar-refractivity contribution is 6.04. The molecule has 7 heteroatoms. The molecule has 188 valence electrons. The number of aryl methyl sites for hydroxylation is 2. The first-order valence-corrected chi connectivity index (χ1v) is 12.7. The van der Waals surface area contributed by atoms with Crippen molar-refractivity contribution in [1.29, 1.82) is 0 Å². The number of hydrogen-bond donors (Lipinski definition) is 0. The summed E-state index contributed by atoms with van der Waals surface area (Å²) in [6.45, 7) is 7.09. The van der Waals surface area contributed by atoms with Gasteiger partial charge in [-0.15, -0.1) is 0 Å². The zero-order chi connectivity index (χ0) is 26.3. The summed E-state index contributed by atoms with van der Waals surface area (Å²) in [5.74, 6) is 0. The van der Waals surface area contributed by atoms with Crippen molar-refractivity contribution in [3.05, 3.63) is 112 Å². The van der Waals surface area contributed by atoms with Gasteiger partial charge in [0.05, 0.1) is 23.6 Å². The van der Waals surface area contributed by atoms with Crippen LogP contribution >= 0.6 is 0 Å². The predicted molar refractivity (Wildman–Crippen MR) is 153 cm³/mol. The summed E-state index contributed by atoms with van der Waals surface area (Å²) in [6, 6.07) is 26.1. The highest BCUT2D eigenvalue weighted by Crippen LogP contribution is 2.25. The summed E-state index contributed by atoms with van der Waals surface area (Å²) < 4.78 is 3.27. The minimum Gasteiger partial charge on any atom is -0.298 e. The van der Waals surface area contributed by atoms with E-state index in [9.17, 15) is 4.79 Å². The Morgan fingerprint density at radius 3 is 2.24 bits per heavy atom. The lowest BCUT2D eigenvalue weighted by atomic mass is 9.87. The van der Waals surface area contributed by atoms with Gasteiger partial charge in [0.15, 0.2) is 11.3 Å². The van der Waals surface area contributed by atoms with E-state index in [1.165, 1.54) is 5.56 Å². The van der Waals surface area contributed by atoms with Crippen LogP contribution < -0.4 is 5.56 Å². The molecule has 0 N–H and O–H groups in total. The van der Waals surface area contributed by atoms with Crippen LogP contribution in [0.4, 0.5) is 0 Å². The fourth-order valence-electron chi connectivity index (χ4n) is 4.61. The Morgan fingerprint density at radius 1 is 0.842 bits per heavy atom. The molecular formula is C31H28N6O. The summed E-state index contributed by atoms with van der Waals surface area (Å²) in [5, 5.41) is 5.16. The van der Waals surface area contributed by atoms with Gasteiger partial charge in [0.25, 0.3) is 5.56 Å². The molecule has 0 aliphatic carbocycles. The van der Waals surface area contributed by atoms with E-state index in [1.807, 2.05) is 54.6 Å². The first-order valence-electron chi connectivity index (χ1n) is 12.7. The molecule has 3 aromatic carbocycles. The highest BCUT2D eigenvalue weighted by Gasteiger charge is 2.20. The van der Waals surface area contributed by atoms with Crippen molar-refractivity contribution in [2.24, 2.45) is 5.10 Å². The average molecular weight is 501 g/mol. The van der Waals surface area contributed by atoms with Gasteiger partial charge in [-0.05, 0) is 40.7 Å². The van der Waals surface area contributed by atoms with Gasteiger partial charge in [0, 0.05) is 6.54 Å². The summed E-state index contributed by atoms with van der Waals surface area (Å²) in [4.78, 5) is 28.0. The Labute approximate surface area is 220 Å². The molecule has 0 fully saturated rings. The number of hydrogen-bond acceptors (Lipinski definition) is 5. The van der Waals surface area contributed by atoms with Gasteiger partial charge in [-0.2, -0.15) is 9.78 Å². The van der Waals surface area contributed by atoms with Gasteiger partial charge in [-0.1, -0.05) is 87.5 Å². The van der Waals surface area contributed by atoms with E-state index in [4.69, 9.17) is 15.1 Å². The molecule has 0 atom stereocenters. The van der Waals surface area contributed by atoms with Gasteiger partial charge in [-0.25, -0.2) is 15.0 Å². The summed E-state index contributed by atoms with van der Waals surface area (Å²) in [6.07, 6.45) is 4.09. The molecule has 0 saturated heterocycles. The third-order valence-corrected chi connectivity index (χ3v) is 6.79. The molecule has 0 saturated carbocycles. The van der Waals surface area contributed by atoms with Crippen molar-refractivity contribution >= 4 is 39.4 Å². The van der Waals surface area contributed by atoms with E-state index in [2.05, 4.69) is 50.0 Å². The lowest BCUT2D eigenvalue weighted by Crippen LogP contribution is -2.21. The zero-order valence-corrected chi connectivity index (χ0v) is 21.7. The second-order valence-corrected chi connectivity index (χ2v) is 10.5. The molecular weight excluding hydrogens is 472 g/mol. The van der Waals surface area contributed by atoms with Crippen LogP contribution in [0.5, 0.6) is 0 Å². The van der Waals surface area contributed by atoms with E-state index < -0.39 is 0 Å². The van der Waals surface area contributed by atoms with Crippen molar-refractivity contribution in [3.63, 3.8) is 0 Å². The van der Waals surface area contributed by atoms with Crippen molar-refractivity contribution in [3.8, 4) is 0 Å². The second-order valence-electron chi connectivity index (χ2n) is 10.5. The van der Waals surface area contributed by atoms with Crippen molar-refractivity contribution < 1.29 is 0 Å². The van der Waals surface area contributed by atoms with E-state index in [0.29, 0.717) is 28.7 Å². The number of para-hydroxylation sites is 2. The molecule has 6 rings (SSSR count). The van der Waals surface area contributed by atoms with Gasteiger partial charge in [-0.3, -0.25) is 9.36 Å². The summed E-state index contributed by atoms with van der Waals surface area (Å²) in [7, 11) is 0. The Morgan fingerprint density at radius 2 is 1.53 bits per heavy atom. The van der Waals surface area contributed by atoms with Crippen LogP contribution in [0, 0.1) is 0 Å². The fraction of sp³-hybridized carbons (Fsp3) is 0.194. The number of benzene rings is 3. The zero-order valence-electron chi connectivity index (χ0n) is 21.7. The monoisotopic (exact) mass is 500 g/mol. The molecule has 38 heavy (non-hydrogen) atoms. The average Bonchev–Trinajstić information content (AvgIpc) is 3.23. The van der Waals surface area contributed by atoms with Crippen molar-refractivity contribution in [1.82, 2.24) is 24.2 Å². The maximum absolute atomic E-state index is 13.7. The fourth-order valence-corrected chi connectivity index (χ4v) is 4.61. The Kier molecular flexibility index (Phi) is 5.83. The molecule has 0 bridgehead atoms. The van der Waals surface area contributed by atoms with E-state index in [-0.39, 0.29) is 11.0 Å². The van der Waals surface area contributed by atoms with Crippen LogP contribution in [0.1, 0.15) is 37.5 Å². The maximum Gasteiger partial charge on any atom is 0.265 e. The van der Waals surface area contributed by atoms with Gasteiger partial charge < -0.3 is 0 Å². The number of fused-ring (bicyclic) bond motifs is 4. The quantitative estimate of drug-likeness (QED) is 0.284. The van der Waals surface area contributed by atoms with E-state index in [1.54, 1.807) is 21.8 Å². The van der Waals surface area contributed by atoms with Crippen LogP contribution in [0.15, 0.2) is 95.1 Å². The molecule has 3 aromatic heterocycles. The van der Waals surface area contributed by atoms with Crippen LogP contribution in [0.2, 0.25) is 0 Å². The lowest BCUT2D eigenvalue weighted by molar-refractivity contribution is 0.590. The Balaban J connectivity index is 1.48. The second kappa shape index (κ2) is 9.34. The molecule has 6 aromatic rings. The topological polar surface area (TPSA) is 78.0 Å². The number of aromatic nitrogens is 5. The van der Waals surface area contributed by atoms with Crippen LogP contribution in [0.25, 0.3) is 33.2 Å². The Hall–Kier alpha value is -4.65. The van der Waals surface area contributed by atoms with Crippen LogP contribution in [-0.2, 0) is 18.4 Å². The highest BCUT2D eigenvalue weighted by atomic mass is 16.1. The molecule has 0 aliphatic rings. The minimum atomic E-state index is -0.149. The van der Waals surface area contributed by atoms with Gasteiger partial charge in [0.1, 0.15) is 10.9 Å². The van der Waals surface area contributed by atoms with Crippen molar-refractivity contribution in [2.45, 2.75) is 39.2 Å². The molecule has 0 unspecified atom stereocenters. The van der Waals surface area contributed by atoms with Crippen LogP contribution in [0.3, 0.4) is 0 Å². The molecule has 0 spiro atoms. The smallest absolute Gasteiger partial charge is 0.265 e. The minimum absolute atomic E-state index is 0.0729. The Bertz CT molecular complexity index is 1860. The standard InChI is InChI=1S/C31H28N6O/c1-31(2,3)23-15-13-22(14-16-23)19-33-37-28-26(27-29(37)35-25-12-8-7-11-24(25)34-27)30(38)36(20-32-28)18-17-21-9-5-4-6-10-21/h4-16,19-20H,17-18H2,1-3H3. The van der Waals surface area contributed by atoms with Crippen molar-refractivity contribution in [2.75, 3.05) is 0 Å². The largest absolute Gasteiger partial charge is 0.298 e. The predicted octanol–water partition coefficient (Wildman–Crippen LogP) is 5.72. The number of rotatable bonds is 5. The normalized spacial score (nSPS) is 12.3. The van der Waals surface area contributed by atoms with Gasteiger partial charge >= 0.3 is 0 Å². The summed E-state index contributed by atoms with van der Waals surface area (Å²) in [5.41, 5.74) is 6.19. The maximum atomic E-state index is 13.7. The first-order chi connectivity index (χ1) is 18.4. The SMILES string of the molecule is CC(C)(C)c1ccc(C=Nn2c3nc4ccccc4nc3c3c(=O)n(CCc4ccccc4)cnc32)cc1. The lowest BCUT2D eigenvalue weighted by Gasteiger charge is -2.18. The molecule has 3 heterocycles. The third kappa shape index (κ3) is 4.36. The third-order valence-electron chi connectivity index (χ3n) is 6.79. The molecule has 0 amide bonds. The summed E-state index contributed by atoms with van der Waals surface area (Å²) >= 11 is 0. The van der Waals surface area contributed by atoms with E-state index in [0.717, 1.165) is 28.6 Å². The molecule has 0 radical (unpaired) electrons. The van der Waals surface area contributed by atoms with Gasteiger partial charge in [0.2, 0.25) is 0 Å². The molecule has 0 aliphatic heterocycles. The number of nitrogens with zero attached hydrogens (tertiary/aromatic N) is 6.